The predicted molar refractivity (Wildman–Crippen MR) is 92.2 cm³/mol. The molecule has 0 atom stereocenters. The number of anilines is 1. The summed E-state index contributed by atoms with van der Waals surface area (Å²) < 4.78 is 6.97. The van der Waals surface area contributed by atoms with Gasteiger partial charge in [-0.1, -0.05) is 66.8 Å². The maximum atomic E-state index is 6.11. The van der Waals surface area contributed by atoms with E-state index >= 15 is 0 Å². The van der Waals surface area contributed by atoms with Crippen molar-refractivity contribution in [3.05, 3.63) is 56.4 Å². The van der Waals surface area contributed by atoms with Crippen molar-refractivity contribution in [1.29, 1.82) is 0 Å². The maximum absolute atomic E-state index is 6.11. The standard InChI is InChI=1S/C15H9Br2ClN2O/c16-9-5-8(6-10(18)7-9)14-13(15(19)21-20-14)11-3-1-2-4-12(11)17/h1-7H,19H2. The molecule has 0 aliphatic carbocycles. The molecule has 0 unspecified atom stereocenters. The van der Waals surface area contributed by atoms with Crippen LogP contribution in [-0.2, 0) is 0 Å². The average molecular weight is 429 g/mol. The SMILES string of the molecule is Nc1onc(-c2cc(Cl)cc(Br)c2)c1-c1ccccc1Br. The Morgan fingerprint density at radius 3 is 2.57 bits per heavy atom. The summed E-state index contributed by atoms with van der Waals surface area (Å²) in [6.45, 7) is 0. The van der Waals surface area contributed by atoms with Crippen LogP contribution in [0, 0.1) is 0 Å². The lowest BCUT2D eigenvalue weighted by Crippen LogP contribution is -1.89. The Labute approximate surface area is 143 Å². The number of hydrogen-bond acceptors (Lipinski definition) is 3. The van der Waals surface area contributed by atoms with Gasteiger partial charge in [0.2, 0.25) is 5.88 Å². The van der Waals surface area contributed by atoms with Gasteiger partial charge in [0.1, 0.15) is 5.69 Å². The Bertz CT molecular complexity index is 797. The van der Waals surface area contributed by atoms with Crippen LogP contribution in [0.3, 0.4) is 0 Å². The zero-order valence-corrected chi connectivity index (χ0v) is 14.5. The second-order valence-corrected chi connectivity index (χ2v) is 6.61. The van der Waals surface area contributed by atoms with E-state index in [1.807, 2.05) is 42.5 Å². The third-order valence-electron chi connectivity index (χ3n) is 3.00. The van der Waals surface area contributed by atoms with Crippen LogP contribution in [0.15, 0.2) is 55.9 Å². The topological polar surface area (TPSA) is 52.0 Å². The van der Waals surface area contributed by atoms with Crippen LogP contribution in [0.25, 0.3) is 22.4 Å². The molecule has 0 saturated carbocycles. The summed E-state index contributed by atoms with van der Waals surface area (Å²) in [6, 6.07) is 13.3. The summed E-state index contributed by atoms with van der Waals surface area (Å²) in [6.07, 6.45) is 0. The Morgan fingerprint density at radius 2 is 1.86 bits per heavy atom. The molecule has 0 radical (unpaired) electrons. The molecule has 3 aromatic rings. The minimum atomic E-state index is 0.271. The highest BCUT2D eigenvalue weighted by Crippen LogP contribution is 2.40. The van der Waals surface area contributed by atoms with Gasteiger partial charge in [0.25, 0.3) is 0 Å². The fourth-order valence-corrected chi connectivity index (χ4v) is 3.46. The number of nitrogens with two attached hydrogens (primary N) is 1. The van der Waals surface area contributed by atoms with Gasteiger partial charge in [0, 0.05) is 25.1 Å². The zero-order valence-electron chi connectivity index (χ0n) is 10.6. The van der Waals surface area contributed by atoms with Crippen LogP contribution >= 0.6 is 43.5 Å². The van der Waals surface area contributed by atoms with Crippen LogP contribution < -0.4 is 5.73 Å². The Balaban J connectivity index is 2.24. The maximum Gasteiger partial charge on any atom is 0.230 e. The molecule has 1 heterocycles. The molecule has 1 aromatic heterocycles. The van der Waals surface area contributed by atoms with E-state index in [2.05, 4.69) is 37.0 Å². The van der Waals surface area contributed by atoms with Crippen LogP contribution in [0.5, 0.6) is 0 Å². The molecule has 0 aliphatic heterocycles. The van der Waals surface area contributed by atoms with Crippen molar-refractivity contribution in [2.24, 2.45) is 0 Å². The second-order valence-electron chi connectivity index (χ2n) is 4.41. The lowest BCUT2D eigenvalue weighted by atomic mass is 10.0. The molecule has 2 aromatic carbocycles. The first-order valence-electron chi connectivity index (χ1n) is 6.03. The van der Waals surface area contributed by atoms with Gasteiger partial charge in [-0.25, -0.2) is 0 Å². The van der Waals surface area contributed by atoms with Crippen LogP contribution in [0.4, 0.5) is 5.88 Å². The highest BCUT2D eigenvalue weighted by atomic mass is 79.9. The first-order chi connectivity index (χ1) is 10.1. The van der Waals surface area contributed by atoms with E-state index < -0.39 is 0 Å². The van der Waals surface area contributed by atoms with E-state index in [9.17, 15) is 0 Å². The van der Waals surface area contributed by atoms with Gasteiger partial charge >= 0.3 is 0 Å². The van der Waals surface area contributed by atoms with Gasteiger partial charge < -0.3 is 10.3 Å². The monoisotopic (exact) mass is 426 g/mol. The summed E-state index contributed by atoms with van der Waals surface area (Å²) in [7, 11) is 0. The minimum absolute atomic E-state index is 0.271. The Kier molecular flexibility index (Phi) is 4.06. The van der Waals surface area contributed by atoms with Gasteiger partial charge in [0.15, 0.2) is 0 Å². The van der Waals surface area contributed by atoms with Crippen LogP contribution in [-0.4, -0.2) is 5.16 Å². The molecule has 21 heavy (non-hydrogen) atoms. The van der Waals surface area contributed by atoms with Gasteiger partial charge in [-0.15, -0.1) is 0 Å². The van der Waals surface area contributed by atoms with E-state index in [0.29, 0.717) is 10.7 Å². The third-order valence-corrected chi connectivity index (χ3v) is 4.37. The van der Waals surface area contributed by atoms with Crippen molar-refractivity contribution < 1.29 is 4.52 Å². The summed E-state index contributed by atoms with van der Waals surface area (Å²) in [5.41, 5.74) is 9.12. The normalized spacial score (nSPS) is 10.8. The van der Waals surface area contributed by atoms with Crippen molar-refractivity contribution in [3.8, 4) is 22.4 Å². The van der Waals surface area contributed by atoms with Gasteiger partial charge in [-0.2, -0.15) is 0 Å². The van der Waals surface area contributed by atoms with E-state index in [4.69, 9.17) is 21.9 Å². The molecule has 2 N–H and O–H groups in total. The van der Waals surface area contributed by atoms with E-state index in [1.54, 1.807) is 0 Å². The summed E-state index contributed by atoms with van der Waals surface area (Å²) in [5, 5.41) is 4.70. The van der Waals surface area contributed by atoms with Gasteiger partial charge in [-0.05, 0) is 24.3 Å². The predicted octanol–water partition coefficient (Wildman–Crippen LogP) is 5.77. The van der Waals surface area contributed by atoms with E-state index in [0.717, 1.165) is 25.6 Å². The molecule has 6 heteroatoms. The lowest BCUT2D eigenvalue weighted by molar-refractivity contribution is 0.439. The van der Waals surface area contributed by atoms with E-state index in [1.165, 1.54) is 0 Å². The number of nitrogens with zero attached hydrogens (tertiary/aromatic N) is 1. The zero-order chi connectivity index (χ0) is 15.0. The number of nitrogen functional groups attached to an aromatic ring is 1. The molecule has 0 amide bonds. The average Bonchev–Trinajstić information content (AvgIpc) is 2.80. The largest absolute Gasteiger partial charge is 0.367 e. The quantitative estimate of drug-likeness (QED) is 0.564. The fraction of sp³-hybridized carbons (Fsp3) is 0. The van der Waals surface area contributed by atoms with Crippen LogP contribution in [0.2, 0.25) is 5.02 Å². The molecular weight excluding hydrogens is 419 g/mol. The molecule has 0 saturated heterocycles. The highest BCUT2D eigenvalue weighted by Gasteiger charge is 2.19. The third kappa shape index (κ3) is 2.86. The highest BCUT2D eigenvalue weighted by molar-refractivity contribution is 9.10. The molecule has 0 fully saturated rings. The van der Waals surface area contributed by atoms with Gasteiger partial charge in [0.05, 0.1) is 5.56 Å². The first-order valence-corrected chi connectivity index (χ1v) is 7.99. The Morgan fingerprint density at radius 1 is 1.10 bits per heavy atom. The van der Waals surface area contributed by atoms with Crippen molar-refractivity contribution in [2.45, 2.75) is 0 Å². The summed E-state index contributed by atoms with van der Waals surface area (Å²) >= 11 is 13.1. The molecule has 0 bridgehead atoms. The molecule has 106 valence electrons. The number of halogens is 3. The number of rotatable bonds is 2. The van der Waals surface area contributed by atoms with E-state index in [-0.39, 0.29) is 5.88 Å². The number of benzene rings is 2. The summed E-state index contributed by atoms with van der Waals surface area (Å²) in [4.78, 5) is 0. The Hall–Kier alpha value is -1.30. The van der Waals surface area contributed by atoms with Crippen molar-refractivity contribution >= 4 is 49.3 Å². The first kappa shape index (κ1) is 14.6. The summed E-state index contributed by atoms with van der Waals surface area (Å²) in [5.74, 6) is 0.271. The second kappa shape index (κ2) is 5.83. The molecule has 3 nitrogen and oxygen atoms in total. The fourth-order valence-electron chi connectivity index (χ4n) is 2.11. The minimum Gasteiger partial charge on any atom is -0.367 e. The number of hydrogen-bond donors (Lipinski definition) is 1. The molecular formula is C15H9Br2ClN2O. The van der Waals surface area contributed by atoms with Crippen molar-refractivity contribution in [2.75, 3.05) is 5.73 Å². The van der Waals surface area contributed by atoms with Crippen molar-refractivity contribution in [1.82, 2.24) is 5.16 Å². The molecule has 3 rings (SSSR count). The molecule has 0 aliphatic rings. The van der Waals surface area contributed by atoms with Crippen LogP contribution in [0.1, 0.15) is 0 Å². The number of aromatic nitrogens is 1. The lowest BCUT2D eigenvalue weighted by Gasteiger charge is -2.06. The smallest absolute Gasteiger partial charge is 0.230 e. The van der Waals surface area contributed by atoms with Crippen molar-refractivity contribution in [3.63, 3.8) is 0 Å². The molecule has 0 spiro atoms. The van der Waals surface area contributed by atoms with Gasteiger partial charge in [-0.3, -0.25) is 0 Å².